The van der Waals surface area contributed by atoms with Gasteiger partial charge in [0.15, 0.2) is 0 Å². The van der Waals surface area contributed by atoms with E-state index in [-0.39, 0.29) is 0 Å². The molecule has 1 aromatic carbocycles. The summed E-state index contributed by atoms with van der Waals surface area (Å²) in [5, 5.41) is 0. The van der Waals surface area contributed by atoms with Gasteiger partial charge in [0.1, 0.15) is 11.6 Å². The van der Waals surface area contributed by atoms with Crippen molar-refractivity contribution in [2.75, 3.05) is 25.6 Å². The zero-order valence-corrected chi connectivity index (χ0v) is 13.3. The Kier molecular flexibility index (Phi) is 5.14. The fourth-order valence-corrected chi connectivity index (χ4v) is 2.30. The summed E-state index contributed by atoms with van der Waals surface area (Å²) in [7, 11) is 3.76. The first-order valence-electron chi connectivity index (χ1n) is 7.24. The van der Waals surface area contributed by atoms with Crippen LogP contribution < -0.4 is 9.64 Å². The van der Waals surface area contributed by atoms with Crippen LogP contribution in [0.3, 0.4) is 0 Å². The van der Waals surface area contributed by atoms with E-state index in [1.165, 1.54) is 5.56 Å². The van der Waals surface area contributed by atoms with Crippen LogP contribution in [-0.4, -0.2) is 30.7 Å². The van der Waals surface area contributed by atoms with E-state index in [0.29, 0.717) is 0 Å². The molecule has 0 N–H and O–H groups in total. The number of ether oxygens (including phenoxy) is 1. The molecule has 0 aliphatic carbocycles. The number of aromatic nitrogens is 2. The second kappa shape index (κ2) is 7.07. The summed E-state index contributed by atoms with van der Waals surface area (Å²) in [5.41, 5.74) is 3.27. The van der Waals surface area contributed by atoms with Gasteiger partial charge >= 0.3 is 0 Å². The van der Waals surface area contributed by atoms with Gasteiger partial charge in [-0.2, -0.15) is 0 Å². The Bertz CT molecular complexity index is 581. The van der Waals surface area contributed by atoms with Crippen LogP contribution in [0.25, 0.3) is 0 Å². The number of anilines is 1. The predicted octanol–water partition coefficient (Wildman–Crippen LogP) is 3.17. The SMILES string of the molecule is COc1ccc(CCCN(C)c2nc(C)cnc2C)cc1. The Balaban J connectivity index is 1.88. The quantitative estimate of drug-likeness (QED) is 0.817. The van der Waals surface area contributed by atoms with E-state index in [1.54, 1.807) is 7.11 Å². The van der Waals surface area contributed by atoms with Crippen molar-refractivity contribution in [1.29, 1.82) is 0 Å². The molecule has 1 aromatic heterocycles. The maximum atomic E-state index is 5.17. The van der Waals surface area contributed by atoms with Crippen LogP contribution in [-0.2, 0) is 6.42 Å². The summed E-state index contributed by atoms with van der Waals surface area (Å²) in [6.07, 6.45) is 3.94. The van der Waals surface area contributed by atoms with Gasteiger partial charge in [-0.15, -0.1) is 0 Å². The Morgan fingerprint density at radius 2 is 1.86 bits per heavy atom. The standard InChI is InChI=1S/C17H23N3O/c1-13-12-18-14(2)17(19-13)20(3)11-5-6-15-7-9-16(21-4)10-8-15/h7-10,12H,5-6,11H2,1-4H3. The van der Waals surface area contributed by atoms with E-state index >= 15 is 0 Å². The Hall–Kier alpha value is -2.10. The first-order chi connectivity index (χ1) is 10.1. The lowest BCUT2D eigenvalue weighted by molar-refractivity contribution is 0.414. The Morgan fingerprint density at radius 3 is 2.52 bits per heavy atom. The summed E-state index contributed by atoms with van der Waals surface area (Å²) >= 11 is 0. The Morgan fingerprint density at radius 1 is 1.14 bits per heavy atom. The van der Waals surface area contributed by atoms with Crippen LogP contribution in [0.5, 0.6) is 5.75 Å². The van der Waals surface area contributed by atoms with Crippen molar-refractivity contribution in [2.45, 2.75) is 26.7 Å². The molecule has 21 heavy (non-hydrogen) atoms. The molecule has 0 aliphatic rings. The molecular formula is C17H23N3O. The zero-order chi connectivity index (χ0) is 15.2. The van der Waals surface area contributed by atoms with E-state index < -0.39 is 0 Å². The molecular weight excluding hydrogens is 262 g/mol. The van der Waals surface area contributed by atoms with Crippen LogP contribution in [0.15, 0.2) is 30.5 Å². The highest BCUT2D eigenvalue weighted by Gasteiger charge is 2.07. The molecule has 0 fully saturated rings. The van der Waals surface area contributed by atoms with Crippen LogP contribution >= 0.6 is 0 Å². The number of hydrogen-bond acceptors (Lipinski definition) is 4. The molecule has 2 aromatic rings. The third-order valence-electron chi connectivity index (χ3n) is 3.53. The van der Waals surface area contributed by atoms with Gasteiger partial charge in [0.05, 0.1) is 18.5 Å². The van der Waals surface area contributed by atoms with E-state index in [0.717, 1.165) is 42.3 Å². The average molecular weight is 285 g/mol. The van der Waals surface area contributed by atoms with Crippen molar-refractivity contribution >= 4 is 5.82 Å². The van der Waals surface area contributed by atoms with Gasteiger partial charge in [0, 0.05) is 19.8 Å². The molecule has 1 heterocycles. The van der Waals surface area contributed by atoms with E-state index in [4.69, 9.17) is 4.74 Å². The highest BCUT2D eigenvalue weighted by molar-refractivity contribution is 5.42. The highest BCUT2D eigenvalue weighted by Crippen LogP contribution is 2.16. The summed E-state index contributed by atoms with van der Waals surface area (Å²) < 4.78 is 5.17. The fourth-order valence-electron chi connectivity index (χ4n) is 2.30. The third-order valence-corrected chi connectivity index (χ3v) is 3.53. The van der Waals surface area contributed by atoms with Crippen molar-refractivity contribution in [2.24, 2.45) is 0 Å². The molecule has 4 heteroatoms. The number of rotatable bonds is 6. The second-order valence-electron chi connectivity index (χ2n) is 5.29. The maximum absolute atomic E-state index is 5.17. The normalized spacial score (nSPS) is 10.5. The summed E-state index contributed by atoms with van der Waals surface area (Å²) in [5.74, 6) is 1.88. The van der Waals surface area contributed by atoms with Crippen LogP contribution in [0.2, 0.25) is 0 Å². The van der Waals surface area contributed by atoms with Gasteiger partial charge in [-0.25, -0.2) is 4.98 Å². The number of benzene rings is 1. The molecule has 0 amide bonds. The molecule has 0 unspecified atom stereocenters. The lowest BCUT2D eigenvalue weighted by Gasteiger charge is -2.20. The van der Waals surface area contributed by atoms with Gasteiger partial charge < -0.3 is 9.64 Å². The molecule has 4 nitrogen and oxygen atoms in total. The summed E-state index contributed by atoms with van der Waals surface area (Å²) in [4.78, 5) is 11.1. The van der Waals surface area contributed by atoms with E-state index in [1.807, 2.05) is 32.2 Å². The van der Waals surface area contributed by atoms with Crippen molar-refractivity contribution in [3.05, 3.63) is 47.4 Å². The number of hydrogen-bond donors (Lipinski definition) is 0. The van der Waals surface area contributed by atoms with E-state index in [2.05, 4.69) is 34.0 Å². The van der Waals surface area contributed by atoms with Gasteiger partial charge in [-0.1, -0.05) is 12.1 Å². The molecule has 0 saturated heterocycles. The lowest BCUT2D eigenvalue weighted by Crippen LogP contribution is -2.22. The maximum Gasteiger partial charge on any atom is 0.150 e. The average Bonchev–Trinajstić information content (AvgIpc) is 2.50. The number of nitrogens with zero attached hydrogens (tertiary/aromatic N) is 3. The molecule has 2 rings (SSSR count). The number of methoxy groups -OCH3 is 1. The molecule has 0 bridgehead atoms. The van der Waals surface area contributed by atoms with Gasteiger partial charge in [0.25, 0.3) is 0 Å². The summed E-state index contributed by atoms with van der Waals surface area (Å²) in [6, 6.07) is 8.26. The van der Waals surface area contributed by atoms with Crippen molar-refractivity contribution in [1.82, 2.24) is 9.97 Å². The smallest absolute Gasteiger partial charge is 0.150 e. The predicted molar refractivity (Wildman–Crippen MR) is 86.1 cm³/mol. The minimum atomic E-state index is 0.904. The molecule has 0 aliphatic heterocycles. The monoisotopic (exact) mass is 285 g/mol. The van der Waals surface area contributed by atoms with Crippen LogP contribution in [0.4, 0.5) is 5.82 Å². The first-order valence-corrected chi connectivity index (χ1v) is 7.24. The van der Waals surface area contributed by atoms with Gasteiger partial charge in [-0.05, 0) is 44.4 Å². The minimum absolute atomic E-state index is 0.904. The molecule has 0 atom stereocenters. The second-order valence-corrected chi connectivity index (χ2v) is 5.29. The van der Waals surface area contributed by atoms with Crippen LogP contribution in [0, 0.1) is 13.8 Å². The third kappa shape index (κ3) is 4.18. The van der Waals surface area contributed by atoms with Crippen molar-refractivity contribution < 1.29 is 4.74 Å². The zero-order valence-electron chi connectivity index (χ0n) is 13.3. The lowest BCUT2D eigenvalue weighted by atomic mass is 10.1. The number of aryl methyl sites for hydroxylation is 3. The van der Waals surface area contributed by atoms with Crippen molar-refractivity contribution in [3.63, 3.8) is 0 Å². The van der Waals surface area contributed by atoms with E-state index in [9.17, 15) is 0 Å². The largest absolute Gasteiger partial charge is 0.497 e. The summed E-state index contributed by atoms with van der Waals surface area (Å²) in [6.45, 7) is 4.94. The molecule has 0 spiro atoms. The van der Waals surface area contributed by atoms with Gasteiger partial charge in [0.2, 0.25) is 0 Å². The molecule has 0 saturated carbocycles. The minimum Gasteiger partial charge on any atom is -0.497 e. The Labute approximate surface area is 126 Å². The molecule has 112 valence electrons. The molecule has 0 radical (unpaired) electrons. The first kappa shape index (κ1) is 15.3. The van der Waals surface area contributed by atoms with Crippen LogP contribution in [0.1, 0.15) is 23.4 Å². The topological polar surface area (TPSA) is 38.2 Å². The highest BCUT2D eigenvalue weighted by atomic mass is 16.5. The fraction of sp³-hybridized carbons (Fsp3) is 0.412. The van der Waals surface area contributed by atoms with Gasteiger partial charge in [-0.3, -0.25) is 4.98 Å². The van der Waals surface area contributed by atoms with Crippen molar-refractivity contribution in [3.8, 4) is 5.75 Å².